The predicted octanol–water partition coefficient (Wildman–Crippen LogP) is 6.88. The molecule has 1 fully saturated rings. The monoisotopic (exact) mass is 609 g/mol. The zero-order chi connectivity index (χ0) is 30.0. The summed E-state index contributed by atoms with van der Waals surface area (Å²) in [5.41, 5.74) is 1.04. The van der Waals surface area contributed by atoms with E-state index >= 15 is 0 Å². The van der Waals surface area contributed by atoms with Gasteiger partial charge in [0.1, 0.15) is 11.5 Å². The SMILES string of the molecule is O=C(c1ccc(Cl)cc1Cl)[C@@H]1[C@@H](C(=O)c2cccc([N+](=O)[O-])c2)[C@@]2(C(=O)Nc3ccccc32)[C@H]2c3ccccc3C=CN12. The Balaban J connectivity index is 1.54. The number of ketones is 2. The zero-order valence-electron chi connectivity index (χ0n) is 22.2. The largest absolute Gasteiger partial charge is 0.358 e. The van der Waals surface area contributed by atoms with Gasteiger partial charge in [0, 0.05) is 40.2 Å². The van der Waals surface area contributed by atoms with Crippen molar-refractivity contribution in [3.63, 3.8) is 0 Å². The van der Waals surface area contributed by atoms with Gasteiger partial charge in [-0.25, -0.2) is 0 Å². The van der Waals surface area contributed by atoms with Crippen LogP contribution >= 0.6 is 23.2 Å². The molecule has 1 amide bonds. The number of halogens is 2. The first-order chi connectivity index (χ1) is 20.7. The number of nitrogens with one attached hydrogen (secondary N) is 1. The van der Waals surface area contributed by atoms with Crippen LogP contribution in [0.1, 0.15) is 43.4 Å². The molecule has 0 bridgehead atoms. The van der Waals surface area contributed by atoms with E-state index in [1.807, 2.05) is 30.3 Å². The molecule has 43 heavy (non-hydrogen) atoms. The van der Waals surface area contributed by atoms with Gasteiger partial charge < -0.3 is 10.2 Å². The summed E-state index contributed by atoms with van der Waals surface area (Å²) in [5, 5.41) is 15.1. The Labute approximate surface area is 255 Å². The van der Waals surface area contributed by atoms with Gasteiger partial charge in [-0.3, -0.25) is 24.5 Å². The molecule has 0 aromatic heterocycles. The van der Waals surface area contributed by atoms with E-state index in [1.165, 1.54) is 36.4 Å². The zero-order valence-corrected chi connectivity index (χ0v) is 23.8. The molecule has 3 aliphatic rings. The minimum absolute atomic E-state index is 0.0212. The summed E-state index contributed by atoms with van der Waals surface area (Å²) < 4.78 is 0. The first kappa shape index (κ1) is 27.1. The average Bonchev–Trinajstić information content (AvgIpc) is 3.48. The van der Waals surface area contributed by atoms with Crippen LogP contribution in [0, 0.1) is 16.0 Å². The van der Waals surface area contributed by atoms with Gasteiger partial charge in [0.2, 0.25) is 5.91 Å². The van der Waals surface area contributed by atoms with Crippen molar-refractivity contribution >= 4 is 58.1 Å². The molecule has 212 valence electrons. The summed E-state index contributed by atoms with van der Waals surface area (Å²) in [6.07, 6.45) is 3.60. The van der Waals surface area contributed by atoms with E-state index in [-0.39, 0.29) is 21.8 Å². The van der Waals surface area contributed by atoms with Crippen LogP contribution in [0.3, 0.4) is 0 Å². The number of Topliss-reactive ketones (excluding diaryl/α,β-unsaturated/α-hetero) is 2. The molecule has 8 nitrogen and oxygen atoms in total. The number of nitro groups is 1. The number of anilines is 1. The quantitative estimate of drug-likeness (QED) is 0.150. The maximum absolute atomic E-state index is 14.8. The second-order valence-corrected chi connectivity index (χ2v) is 11.6. The van der Waals surface area contributed by atoms with Gasteiger partial charge in [-0.1, -0.05) is 77.8 Å². The molecule has 0 unspecified atom stereocenters. The van der Waals surface area contributed by atoms with E-state index < -0.39 is 45.8 Å². The Morgan fingerprint density at radius 1 is 0.907 bits per heavy atom. The molecule has 0 aliphatic carbocycles. The Morgan fingerprint density at radius 2 is 1.67 bits per heavy atom. The van der Waals surface area contributed by atoms with Gasteiger partial charge in [-0.2, -0.15) is 0 Å². The van der Waals surface area contributed by atoms with Crippen LogP contribution < -0.4 is 5.32 Å². The fourth-order valence-corrected chi connectivity index (χ4v) is 7.47. The molecule has 1 N–H and O–H groups in total. The lowest BCUT2D eigenvalue weighted by Crippen LogP contribution is -2.49. The molecule has 3 aliphatic heterocycles. The van der Waals surface area contributed by atoms with Crippen molar-refractivity contribution in [2.45, 2.75) is 17.5 Å². The maximum atomic E-state index is 14.8. The minimum Gasteiger partial charge on any atom is -0.358 e. The van der Waals surface area contributed by atoms with Gasteiger partial charge in [0.05, 0.1) is 21.9 Å². The van der Waals surface area contributed by atoms with Crippen LogP contribution in [0.25, 0.3) is 6.08 Å². The number of benzene rings is 4. The second kappa shape index (κ2) is 9.90. The first-order valence-electron chi connectivity index (χ1n) is 13.5. The highest BCUT2D eigenvalue weighted by atomic mass is 35.5. The summed E-state index contributed by atoms with van der Waals surface area (Å²) in [6.45, 7) is 0. The van der Waals surface area contributed by atoms with Gasteiger partial charge in [-0.05, 0) is 47.0 Å². The van der Waals surface area contributed by atoms with E-state index in [0.29, 0.717) is 16.3 Å². The highest BCUT2D eigenvalue weighted by Gasteiger charge is 2.70. The van der Waals surface area contributed by atoms with Crippen molar-refractivity contribution in [3.8, 4) is 0 Å². The number of para-hydroxylation sites is 1. The van der Waals surface area contributed by atoms with Crippen LogP contribution in [-0.4, -0.2) is 33.3 Å². The molecule has 7 rings (SSSR count). The minimum atomic E-state index is -1.57. The fraction of sp³-hybridized carbons (Fsp3) is 0.121. The number of carbonyl (C=O) groups excluding carboxylic acids is 3. The molecule has 1 spiro atoms. The summed E-state index contributed by atoms with van der Waals surface area (Å²) in [5.74, 6) is -2.78. The second-order valence-electron chi connectivity index (χ2n) is 10.7. The Bertz CT molecular complexity index is 1920. The normalized spacial score (nSPS) is 23.0. The molecular formula is C33H21Cl2N3O5. The molecule has 0 radical (unpaired) electrons. The Kier molecular flexibility index (Phi) is 6.23. The van der Waals surface area contributed by atoms with Gasteiger partial charge in [-0.15, -0.1) is 0 Å². The number of carbonyl (C=O) groups is 3. The lowest BCUT2D eigenvalue weighted by Gasteiger charge is -2.38. The van der Waals surface area contributed by atoms with Gasteiger partial charge in [0.15, 0.2) is 11.6 Å². The van der Waals surface area contributed by atoms with Gasteiger partial charge >= 0.3 is 0 Å². The van der Waals surface area contributed by atoms with Crippen LogP contribution in [-0.2, 0) is 10.2 Å². The number of amides is 1. The van der Waals surface area contributed by atoms with E-state index in [9.17, 15) is 24.5 Å². The topological polar surface area (TPSA) is 110 Å². The fourth-order valence-electron chi connectivity index (χ4n) is 6.97. The molecular weight excluding hydrogens is 589 g/mol. The number of nitro benzene ring substituents is 1. The van der Waals surface area contributed by atoms with Crippen LogP contribution in [0.5, 0.6) is 0 Å². The van der Waals surface area contributed by atoms with E-state index in [2.05, 4.69) is 5.32 Å². The Morgan fingerprint density at radius 3 is 2.47 bits per heavy atom. The molecule has 4 aromatic rings. The summed E-state index contributed by atoms with van der Waals surface area (Å²) >= 11 is 12.7. The molecule has 0 saturated carbocycles. The molecule has 3 heterocycles. The number of hydrogen-bond acceptors (Lipinski definition) is 6. The maximum Gasteiger partial charge on any atom is 0.270 e. The predicted molar refractivity (Wildman–Crippen MR) is 162 cm³/mol. The van der Waals surface area contributed by atoms with Crippen molar-refractivity contribution in [1.82, 2.24) is 4.90 Å². The third kappa shape index (κ3) is 3.87. The molecule has 4 aromatic carbocycles. The number of non-ortho nitro benzene ring substituents is 1. The van der Waals surface area contributed by atoms with Crippen LogP contribution in [0.4, 0.5) is 11.4 Å². The van der Waals surface area contributed by atoms with Crippen LogP contribution in [0.15, 0.2) is 97.2 Å². The lowest BCUT2D eigenvalue weighted by atomic mass is 9.62. The van der Waals surface area contributed by atoms with Crippen molar-refractivity contribution < 1.29 is 19.3 Å². The van der Waals surface area contributed by atoms with Crippen molar-refractivity contribution in [3.05, 3.63) is 145 Å². The van der Waals surface area contributed by atoms with Crippen molar-refractivity contribution in [2.24, 2.45) is 5.92 Å². The van der Waals surface area contributed by atoms with E-state index in [0.717, 1.165) is 11.1 Å². The number of nitrogens with zero attached hydrogens (tertiary/aromatic N) is 2. The summed E-state index contributed by atoms with van der Waals surface area (Å²) in [4.78, 5) is 56.8. The van der Waals surface area contributed by atoms with Crippen LogP contribution in [0.2, 0.25) is 10.0 Å². The number of rotatable bonds is 5. The summed E-state index contributed by atoms with van der Waals surface area (Å²) in [6, 6.07) is 22.6. The Hall–Kier alpha value is -4.79. The van der Waals surface area contributed by atoms with E-state index in [1.54, 1.807) is 41.4 Å². The van der Waals surface area contributed by atoms with Crippen molar-refractivity contribution in [1.29, 1.82) is 0 Å². The average molecular weight is 610 g/mol. The highest BCUT2D eigenvalue weighted by molar-refractivity contribution is 6.37. The smallest absolute Gasteiger partial charge is 0.270 e. The first-order valence-corrected chi connectivity index (χ1v) is 14.2. The lowest BCUT2D eigenvalue weighted by molar-refractivity contribution is -0.384. The highest BCUT2D eigenvalue weighted by Crippen LogP contribution is 2.62. The molecule has 4 atom stereocenters. The number of hydrogen-bond donors (Lipinski definition) is 1. The van der Waals surface area contributed by atoms with Gasteiger partial charge in [0.25, 0.3) is 5.69 Å². The van der Waals surface area contributed by atoms with E-state index in [4.69, 9.17) is 23.2 Å². The molecule has 1 saturated heterocycles. The summed E-state index contributed by atoms with van der Waals surface area (Å²) in [7, 11) is 0. The standard InChI is InChI=1S/C33H21Cl2N3O5/c34-20-12-13-23(25(35)17-20)30(40)28-27(29(39)19-7-5-8-21(16-19)38(42)43)33(24-10-3-4-11-26(24)36-32(33)41)31-22-9-2-1-6-18(22)14-15-37(28)31/h1-17,27-28,31H,(H,36,41)/t27-,28-,31+,33+/m0/s1. The number of fused-ring (bicyclic) bond motifs is 6. The van der Waals surface area contributed by atoms with Crippen molar-refractivity contribution in [2.75, 3.05) is 5.32 Å². The molecule has 10 heteroatoms. The third-order valence-electron chi connectivity index (χ3n) is 8.66. The third-order valence-corrected chi connectivity index (χ3v) is 9.21.